The topological polar surface area (TPSA) is 52.6 Å². The van der Waals surface area contributed by atoms with Crippen LogP contribution in [0.2, 0.25) is 0 Å². The summed E-state index contributed by atoms with van der Waals surface area (Å²) < 4.78 is 0. The monoisotopic (exact) mass is 238 g/mol. The minimum absolute atomic E-state index is 0.210. The Morgan fingerprint density at radius 3 is 2.76 bits per heavy atom. The largest absolute Gasteiger partial charge is 0.393 e. The molecule has 96 valence electrons. The third-order valence-electron chi connectivity index (χ3n) is 4.84. The first kappa shape index (κ1) is 11.5. The molecule has 5 atom stereocenters. The zero-order valence-corrected chi connectivity index (χ0v) is 10.4. The van der Waals surface area contributed by atoms with Crippen molar-refractivity contribution in [1.29, 1.82) is 0 Å². The number of aliphatic hydroxyl groups excluding tert-OH is 1. The van der Waals surface area contributed by atoms with Crippen LogP contribution >= 0.6 is 0 Å². The Kier molecular flexibility index (Phi) is 2.87. The lowest BCUT2D eigenvalue weighted by atomic mass is 9.88. The molecule has 1 amide bonds. The van der Waals surface area contributed by atoms with Crippen LogP contribution < -0.4 is 5.32 Å². The summed E-state index contributed by atoms with van der Waals surface area (Å²) in [7, 11) is 0. The van der Waals surface area contributed by atoms with Gasteiger partial charge in [0.1, 0.15) is 0 Å². The normalized spacial score (nSPS) is 42.1. The van der Waals surface area contributed by atoms with Gasteiger partial charge in [0.2, 0.25) is 5.91 Å². The van der Waals surface area contributed by atoms with E-state index in [4.69, 9.17) is 0 Å². The van der Waals surface area contributed by atoms with E-state index in [1.807, 2.05) is 11.8 Å². The molecule has 2 N–H and O–H groups in total. The van der Waals surface area contributed by atoms with Crippen LogP contribution in [-0.2, 0) is 4.79 Å². The molecule has 3 rings (SSSR count). The predicted molar refractivity (Wildman–Crippen MR) is 64.4 cm³/mol. The van der Waals surface area contributed by atoms with Crippen molar-refractivity contribution in [2.75, 3.05) is 13.1 Å². The number of carbonyl (C=O) groups excluding carboxylic acids is 1. The van der Waals surface area contributed by atoms with Gasteiger partial charge in [0.15, 0.2) is 0 Å². The van der Waals surface area contributed by atoms with Crippen molar-refractivity contribution in [3.05, 3.63) is 0 Å². The molecular weight excluding hydrogens is 216 g/mol. The molecule has 0 aromatic heterocycles. The molecule has 0 spiro atoms. The summed E-state index contributed by atoms with van der Waals surface area (Å²) >= 11 is 0. The third-order valence-corrected chi connectivity index (χ3v) is 4.84. The zero-order chi connectivity index (χ0) is 12.0. The maximum atomic E-state index is 12.4. The number of fused-ring (bicyclic) bond motifs is 2. The van der Waals surface area contributed by atoms with E-state index in [-0.39, 0.29) is 17.9 Å². The second-order valence-electron chi connectivity index (χ2n) is 5.96. The number of carbonyl (C=O) groups is 1. The second-order valence-corrected chi connectivity index (χ2v) is 5.96. The molecule has 3 heterocycles. The van der Waals surface area contributed by atoms with Crippen molar-refractivity contribution in [2.24, 2.45) is 11.8 Å². The maximum absolute atomic E-state index is 12.4. The van der Waals surface area contributed by atoms with Crippen LogP contribution in [0.3, 0.4) is 0 Å². The van der Waals surface area contributed by atoms with Crippen LogP contribution in [0.25, 0.3) is 0 Å². The Hall–Kier alpha value is -0.610. The highest BCUT2D eigenvalue weighted by Crippen LogP contribution is 2.35. The number of likely N-dealkylation sites (tertiary alicyclic amines) is 1. The van der Waals surface area contributed by atoms with E-state index >= 15 is 0 Å². The molecule has 3 fully saturated rings. The molecule has 0 aliphatic carbocycles. The van der Waals surface area contributed by atoms with Gasteiger partial charge in [0, 0.05) is 31.1 Å². The standard InChI is InChI=1S/C13H22N2O2/c1-8(16)9-4-5-15(7-9)13(17)11-6-10-2-3-12(11)14-10/h8-12,14,16H,2-7H2,1H3. The fourth-order valence-corrected chi connectivity index (χ4v) is 3.71. The molecule has 3 saturated heterocycles. The van der Waals surface area contributed by atoms with Crippen LogP contribution in [-0.4, -0.2) is 47.2 Å². The number of rotatable bonds is 2. The summed E-state index contributed by atoms with van der Waals surface area (Å²) in [5, 5.41) is 13.1. The molecule has 0 aromatic carbocycles. The molecule has 3 aliphatic heterocycles. The van der Waals surface area contributed by atoms with Gasteiger partial charge >= 0.3 is 0 Å². The fourth-order valence-electron chi connectivity index (χ4n) is 3.71. The Labute approximate surface area is 102 Å². The molecule has 4 nitrogen and oxygen atoms in total. The highest BCUT2D eigenvalue weighted by molar-refractivity contribution is 5.80. The quantitative estimate of drug-likeness (QED) is 0.730. The summed E-state index contributed by atoms with van der Waals surface area (Å²) in [6, 6.07) is 1.02. The van der Waals surface area contributed by atoms with E-state index in [1.54, 1.807) is 0 Å². The van der Waals surface area contributed by atoms with Crippen LogP contribution in [0.15, 0.2) is 0 Å². The van der Waals surface area contributed by atoms with E-state index in [1.165, 1.54) is 6.42 Å². The van der Waals surface area contributed by atoms with Gasteiger partial charge in [-0.3, -0.25) is 4.79 Å². The van der Waals surface area contributed by atoms with Crippen molar-refractivity contribution < 1.29 is 9.90 Å². The lowest BCUT2D eigenvalue weighted by Gasteiger charge is -2.25. The van der Waals surface area contributed by atoms with Crippen LogP contribution in [0.5, 0.6) is 0 Å². The van der Waals surface area contributed by atoms with E-state index in [0.717, 1.165) is 32.4 Å². The smallest absolute Gasteiger partial charge is 0.227 e. The van der Waals surface area contributed by atoms with Gasteiger partial charge in [-0.2, -0.15) is 0 Å². The van der Waals surface area contributed by atoms with E-state index in [2.05, 4.69) is 5.32 Å². The summed E-state index contributed by atoms with van der Waals surface area (Å²) in [6.07, 6.45) is 4.10. The van der Waals surface area contributed by atoms with Crippen LogP contribution in [0.4, 0.5) is 0 Å². The van der Waals surface area contributed by atoms with E-state index in [0.29, 0.717) is 18.0 Å². The first-order valence-electron chi connectivity index (χ1n) is 6.88. The highest BCUT2D eigenvalue weighted by atomic mass is 16.3. The predicted octanol–water partition coefficient (Wildman–Crippen LogP) is 0.356. The van der Waals surface area contributed by atoms with Gasteiger partial charge < -0.3 is 15.3 Å². The SMILES string of the molecule is CC(O)C1CCN(C(=O)C2CC3CCC2N3)C1. The summed E-state index contributed by atoms with van der Waals surface area (Å²) in [5.74, 6) is 0.819. The summed E-state index contributed by atoms with van der Waals surface area (Å²) in [5.41, 5.74) is 0. The molecular formula is C13H22N2O2. The van der Waals surface area contributed by atoms with Gasteiger partial charge in [-0.05, 0) is 32.6 Å². The van der Waals surface area contributed by atoms with Gasteiger partial charge in [-0.25, -0.2) is 0 Å². The van der Waals surface area contributed by atoms with Crippen LogP contribution in [0, 0.1) is 11.8 Å². The lowest BCUT2D eigenvalue weighted by molar-refractivity contribution is -0.135. The average molecular weight is 238 g/mol. The van der Waals surface area contributed by atoms with Gasteiger partial charge in [0.05, 0.1) is 12.0 Å². The summed E-state index contributed by atoms with van der Waals surface area (Å²) in [6.45, 7) is 3.42. The van der Waals surface area contributed by atoms with Crippen molar-refractivity contribution in [2.45, 2.75) is 50.8 Å². The molecule has 0 saturated carbocycles. The minimum atomic E-state index is -0.286. The summed E-state index contributed by atoms with van der Waals surface area (Å²) in [4.78, 5) is 14.4. The molecule has 0 aromatic rings. The van der Waals surface area contributed by atoms with Crippen molar-refractivity contribution in [3.63, 3.8) is 0 Å². The van der Waals surface area contributed by atoms with Crippen molar-refractivity contribution in [3.8, 4) is 0 Å². The number of hydrogen-bond donors (Lipinski definition) is 2. The molecule has 0 radical (unpaired) electrons. The molecule has 4 heteroatoms. The Morgan fingerprint density at radius 1 is 1.41 bits per heavy atom. The first-order valence-corrected chi connectivity index (χ1v) is 6.88. The average Bonchev–Trinajstić information content (AvgIpc) is 3.03. The van der Waals surface area contributed by atoms with Gasteiger partial charge in [-0.15, -0.1) is 0 Å². The maximum Gasteiger partial charge on any atom is 0.227 e. The van der Waals surface area contributed by atoms with Crippen molar-refractivity contribution >= 4 is 5.91 Å². The van der Waals surface area contributed by atoms with E-state index in [9.17, 15) is 9.90 Å². The molecule has 2 bridgehead atoms. The van der Waals surface area contributed by atoms with Crippen molar-refractivity contribution in [1.82, 2.24) is 10.2 Å². The number of aliphatic hydroxyl groups is 1. The number of nitrogens with one attached hydrogen (secondary N) is 1. The highest BCUT2D eigenvalue weighted by Gasteiger charge is 2.45. The Morgan fingerprint density at radius 2 is 2.24 bits per heavy atom. The Bertz CT molecular complexity index is 319. The van der Waals surface area contributed by atoms with Gasteiger partial charge in [0.25, 0.3) is 0 Å². The molecule has 3 aliphatic rings. The van der Waals surface area contributed by atoms with E-state index < -0.39 is 0 Å². The van der Waals surface area contributed by atoms with Crippen LogP contribution in [0.1, 0.15) is 32.6 Å². The van der Waals surface area contributed by atoms with Gasteiger partial charge in [-0.1, -0.05) is 0 Å². The number of amides is 1. The fraction of sp³-hybridized carbons (Fsp3) is 0.923. The third kappa shape index (κ3) is 1.97. The molecule has 17 heavy (non-hydrogen) atoms. The number of hydrogen-bond acceptors (Lipinski definition) is 3. The number of nitrogens with zero attached hydrogens (tertiary/aromatic N) is 1. The lowest BCUT2D eigenvalue weighted by Crippen LogP contribution is -2.40. The zero-order valence-electron chi connectivity index (χ0n) is 10.4. The first-order chi connectivity index (χ1) is 8.15. The Balaban J connectivity index is 1.60. The minimum Gasteiger partial charge on any atom is -0.393 e. The second kappa shape index (κ2) is 4.25. The molecule has 5 unspecified atom stereocenters.